The summed E-state index contributed by atoms with van der Waals surface area (Å²) in [6.07, 6.45) is 1.80. The first-order valence-electron chi connectivity index (χ1n) is 11.0. The van der Waals surface area contributed by atoms with Crippen molar-refractivity contribution in [2.75, 3.05) is 26.4 Å². The van der Waals surface area contributed by atoms with Crippen LogP contribution in [0.1, 0.15) is 36.4 Å². The minimum absolute atomic E-state index is 0.132. The van der Waals surface area contributed by atoms with Gasteiger partial charge in [-0.1, -0.05) is 18.2 Å². The van der Waals surface area contributed by atoms with Crippen molar-refractivity contribution < 1.29 is 23.5 Å². The van der Waals surface area contributed by atoms with E-state index in [1.807, 2.05) is 23.1 Å². The van der Waals surface area contributed by atoms with E-state index in [0.717, 1.165) is 16.8 Å². The number of nitrogens with zero attached hydrogens (tertiary/aromatic N) is 3. The molecule has 5 rings (SSSR count). The van der Waals surface area contributed by atoms with Crippen LogP contribution >= 0.6 is 0 Å². The van der Waals surface area contributed by atoms with Crippen LogP contribution in [0.15, 0.2) is 47.6 Å². The third-order valence-corrected chi connectivity index (χ3v) is 6.47. The predicted molar refractivity (Wildman–Crippen MR) is 118 cm³/mol. The number of likely N-dealkylation sites (tertiary alicyclic amines) is 1. The summed E-state index contributed by atoms with van der Waals surface area (Å²) >= 11 is 0. The van der Waals surface area contributed by atoms with E-state index in [-0.39, 0.29) is 42.9 Å². The first kappa shape index (κ1) is 21.4. The summed E-state index contributed by atoms with van der Waals surface area (Å²) in [5, 5.41) is 6.18. The molecule has 3 aliphatic rings. The second kappa shape index (κ2) is 8.82. The summed E-state index contributed by atoms with van der Waals surface area (Å²) in [6, 6.07) is 11.5. The van der Waals surface area contributed by atoms with E-state index in [1.165, 1.54) is 17.1 Å². The molecule has 2 aromatic rings. The Morgan fingerprint density at radius 1 is 1.06 bits per heavy atom. The maximum Gasteiger partial charge on any atom is 0.257 e. The van der Waals surface area contributed by atoms with Gasteiger partial charge in [-0.2, -0.15) is 5.10 Å². The minimum Gasteiger partial charge on any atom is -0.454 e. The highest BCUT2D eigenvalue weighted by Crippen LogP contribution is 2.39. The number of carbonyl (C=O) groups excluding carboxylic acids is 2. The molecule has 9 heteroatoms. The highest BCUT2D eigenvalue weighted by molar-refractivity contribution is 6.03. The Morgan fingerprint density at radius 3 is 2.52 bits per heavy atom. The molecule has 8 nitrogen and oxygen atoms in total. The monoisotopic (exact) mass is 452 g/mol. The zero-order valence-electron chi connectivity index (χ0n) is 18.1. The molecule has 0 saturated carbocycles. The number of amides is 2. The summed E-state index contributed by atoms with van der Waals surface area (Å²) < 4.78 is 24.4. The number of primary amides is 1. The molecule has 0 spiro atoms. The Bertz CT molecular complexity index is 1100. The van der Waals surface area contributed by atoms with Gasteiger partial charge < -0.3 is 15.2 Å². The molecule has 3 aliphatic heterocycles. The van der Waals surface area contributed by atoms with Crippen LogP contribution in [0.2, 0.25) is 0 Å². The number of carbonyl (C=O) groups is 2. The molecular formula is C24H25FN4O4. The fourth-order valence-electron chi connectivity index (χ4n) is 4.58. The third kappa shape index (κ3) is 4.41. The zero-order valence-corrected chi connectivity index (χ0v) is 18.1. The number of hydrazone groups is 1. The van der Waals surface area contributed by atoms with Crippen LogP contribution in [0.5, 0.6) is 11.5 Å². The largest absolute Gasteiger partial charge is 0.454 e. The van der Waals surface area contributed by atoms with Gasteiger partial charge in [0.05, 0.1) is 18.3 Å². The standard InChI is InChI=1S/C24H25FN4O4/c25-18-4-1-15(2-5-18)19-12-20(17-3-6-21-22(11-17)33-14-32-21)29(27-19)23(30)13-28-9-7-16(8-10-28)24(26)31/h1-6,11,16,20H,7-10,12-14H2,(H2,26,31)/t20-/m0/s1. The molecule has 3 heterocycles. The van der Waals surface area contributed by atoms with Crippen molar-refractivity contribution in [2.45, 2.75) is 25.3 Å². The topological polar surface area (TPSA) is 97.5 Å². The van der Waals surface area contributed by atoms with Crippen molar-refractivity contribution in [1.82, 2.24) is 9.91 Å². The molecule has 0 radical (unpaired) electrons. The Labute approximate surface area is 190 Å². The van der Waals surface area contributed by atoms with E-state index in [9.17, 15) is 14.0 Å². The van der Waals surface area contributed by atoms with E-state index in [0.29, 0.717) is 43.9 Å². The lowest BCUT2D eigenvalue weighted by atomic mass is 9.96. The van der Waals surface area contributed by atoms with Crippen molar-refractivity contribution in [1.29, 1.82) is 0 Å². The van der Waals surface area contributed by atoms with Gasteiger partial charge in [-0.3, -0.25) is 14.5 Å². The molecular weight excluding hydrogens is 427 g/mol. The molecule has 2 N–H and O–H groups in total. The van der Waals surface area contributed by atoms with Crippen molar-refractivity contribution in [2.24, 2.45) is 16.8 Å². The highest BCUT2D eigenvalue weighted by atomic mass is 19.1. The Morgan fingerprint density at radius 2 is 1.79 bits per heavy atom. The third-order valence-electron chi connectivity index (χ3n) is 6.47. The molecule has 172 valence electrons. The average Bonchev–Trinajstić information content (AvgIpc) is 3.47. The van der Waals surface area contributed by atoms with Gasteiger partial charge in [-0.05, 0) is 61.3 Å². The quantitative estimate of drug-likeness (QED) is 0.752. The molecule has 2 amide bonds. The lowest BCUT2D eigenvalue weighted by molar-refractivity contribution is -0.134. The normalized spacial score (nSPS) is 20.7. The molecule has 0 unspecified atom stereocenters. The van der Waals surface area contributed by atoms with Gasteiger partial charge in [-0.25, -0.2) is 9.40 Å². The van der Waals surface area contributed by atoms with Gasteiger partial charge in [0, 0.05) is 12.3 Å². The van der Waals surface area contributed by atoms with Crippen LogP contribution in [0.25, 0.3) is 0 Å². The Kier molecular flexibility index (Phi) is 5.72. The maximum atomic E-state index is 13.4. The van der Waals surface area contributed by atoms with Crippen molar-refractivity contribution in [3.8, 4) is 11.5 Å². The molecule has 33 heavy (non-hydrogen) atoms. The molecule has 1 saturated heterocycles. The number of piperidine rings is 1. The molecule has 2 aromatic carbocycles. The molecule has 0 bridgehead atoms. The van der Waals surface area contributed by atoms with E-state index in [2.05, 4.69) is 5.10 Å². The number of rotatable bonds is 5. The number of ether oxygens (including phenoxy) is 2. The predicted octanol–water partition coefficient (Wildman–Crippen LogP) is 2.43. The molecule has 0 aliphatic carbocycles. The van der Waals surface area contributed by atoms with Crippen LogP contribution in [0.3, 0.4) is 0 Å². The van der Waals surface area contributed by atoms with E-state index >= 15 is 0 Å². The molecule has 1 atom stereocenters. The van der Waals surface area contributed by atoms with Crippen molar-refractivity contribution in [3.05, 3.63) is 59.4 Å². The van der Waals surface area contributed by atoms with Gasteiger partial charge in [0.25, 0.3) is 5.91 Å². The van der Waals surface area contributed by atoms with Crippen LogP contribution in [-0.4, -0.2) is 53.9 Å². The summed E-state index contributed by atoms with van der Waals surface area (Å²) in [4.78, 5) is 26.8. The number of benzene rings is 2. The van der Waals surface area contributed by atoms with E-state index < -0.39 is 0 Å². The lowest BCUT2D eigenvalue weighted by Gasteiger charge is -2.31. The summed E-state index contributed by atoms with van der Waals surface area (Å²) in [5.41, 5.74) is 7.81. The Hall–Kier alpha value is -3.46. The fraction of sp³-hybridized carbons (Fsp3) is 0.375. The van der Waals surface area contributed by atoms with Crippen LogP contribution in [0, 0.1) is 11.7 Å². The van der Waals surface area contributed by atoms with E-state index in [4.69, 9.17) is 15.2 Å². The van der Waals surface area contributed by atoms with Gasteiger partial charge in [0.2, 0.25) is 12.7 Å². The first-order valence-corrected chi connectivity index (χ1v) is 11.0. The second-order valence-electron chi connectivity index (χ2n) is 8.58. The van der Waals surface area contributed by atoms with Gasteiger partial charge in [-0.15, -0.1) is 0 Å². The van der Waals surface area contributed by atoms with Crippen molar-refractivity contribution in [3.63, 3.8) is 0 Å². The number of hydrogen-bond donors (Lipinski definition) is 1. The van der Waals surface area contributed by atoms with Crippen LogP contribution in [0.4, 0.5) is 4.39 Å². The fourth-order valence-corrected chi connectivity index (χ4v) is 4.58. The maximum absolute atomic E-state index is 13.4. The Balaban J connectivity index is 1.37. The second-order valence-corrected chi connectivity index (χ2v) is 8.58. The zero-order chi connectivity index (χ0) is 22.9. The van der Waals surface area contributed by atoms with Crippen molar-refractivity contribution >= 4 is 17.5 Å². The average molecular weight is 452 g/mol. The minimum atomic E-state index is -0.322. The number of hydrogen-bond acceptors (Lipinski definition) is 6. The highest BCUT2D eigenvalue weighted by Gasteiger charge is 2.35. The van der Waals surface area contributed by atoms with E-state index in [1.54, 1.807) is 12.1 Å². The van der Waals surface area contributed by atoms with Gasteiger partial charge >= 0.3 is 0 Å². The molecule has 1 fully saturated rings. The molecule has 0 aromatic heterocycles. The summed E-state index contributed by atoms with van der Waals surface area (Å²) in [6.45, 7) is 1.64. The smallest absolute Gasteiger partial charge is 0.257 e. The van der Waals surface area contributed by atoms with Gasteiger partial charge in [0.1, 0.15) is 5.82 Å². The van der Waals surface area contributed by atoms with Crippen LogP contribution in [-0.2, 0) is 9.59 Å². The van der Waals surface area contributed by atoms with Gasteiger partial charge in [0.15, 0.2) is 11.5 Å². The number of fused-ring (bicyclic) bond motifs is 1. The summed E-state index contributed by atoms with van der Waals surface area (Å²) in [7, 11) is 0. The van der Waals surface area contributed by atoms with Crippen LogP contribution < -0.4 is 15.2 Å². The summed E-state index contributed by atoms with van der Waals surface area (Å²) in [5.74, 6) is 0.448. The number of halogens is 1. The SMILES string of the molecule is NC(=O)C1CCN(CC(=O)N2N=C(c3ccc(F)cc3)C[C@H]2c2ccc3c(c2)OCO3)CC1. The first-order chi connectivity index (χ1) is 16.0. The number of nitrogens with two attached hydrogens (primary N) is 1. The lowest BCUT2D eigenvalue weighted by Crippen LogP contribution is -2.44.